The van der Waals surface area contributed by atoms with Crippen LogP contribution in [0, 0.1) is 5.92 Å². The molecule has 17 heavy (non-hydrogen) atoms. The molecular weight excluding hydrogens is 220 g/mol. The van der Waals surface area contributed by atoms with Crippen LogP contribution in [0.5, 0.6) is 6.01 Å². The minimum absolute atomic E-state index is 0.00993. The second kappa shape index (κ2) is 4.70. The van der Waals surface area contributed by atoms with Crippen molar-refractivity contribution in [2.45, 2.75) is 39.3 Å². The highest BCUT2D eigenvalue weighted by atomic mass is 16.5. The molecule has 1 saturated carbocycles. The van der Waals surface area contributed by atoms with Gasteiger partial charge in [0.05, 0.1) is 6.10 Å². The molecule has 1 aromatic heterocycles. The Balaban J connectivity index is 2.13. The lowest BCUT2D eigenvalue weighted by Gasteiger charge is -2.10. The monoisotopic (exact) mass is 238 g/mol. The fourth-order valence-electron chi connectivity index (χ4n) is 1.44. The maximum Gasteiger partial charge on any atom is 0.323 e. The molecule has 0 amide bonds. The van der Waals surface area contributed by atoms with Gasteiger partial charge < -0.3 is 10.1 Å². The predicted molar refractivity (Wildman–Crippen MR) is 64.6 cm³/mol. The summed E-state index contributed by atoms with van der Waals surface area (Å²) in [4.78, 5) is 12.3. The fourth-order valence-corrected chi connectivity index (χ4v) is 1.44. The van der Waals surface area contributed by atoms with Gasteiger partial charge in [-0.2, -0.15) is 15.0 Å². The van der Waals surface area contributed by atoms with Crippen LogP contribution >= 0.6 is 0 Å². The van der Waals surface area contributed by atoms with Crippen LogP contribution in [-0.4, -0.2) is 27.1 Å². The van der Waals surface area contributed by atoms with E-state index in [9.17, 15) is 0 Å². The minimum atomic E-state index is 0.00993. The molecule has 0 spiro atoms. The van der Waals surface area contributed by atoms with Crippen molar-refractivity contribution in [1.29, 1.82) is 0 Å². The van der Waals surface area contributed by atoms with Crippen LogP contribution < -0.4 is 21.3 Å². The molecular formula is C10H18N6O. The quantitative estimate of drug-likeness (QED) is 0.514. The summed E-state index contributed by atoms with van der Waals surface area (Å²) in [5.41, 5.74) is 2.40. The number of aromatic nitrogens is 3. The molecule has 0 bridgehead atoms. The van der Waals surface area contributed by atoms with Gasteiger partial charge in [0, 0.05) is 6.04 Å². The van der Waals surface area contributed by atoms with Gasteiger partial charge in [-0.25, -0.2) is 5.84 Å². The number of nitrogens with two attached hydrogens (primary N) is 1. The maximum absolute atomic E-state index is 5.43. The average molecular weight is 238 g/mol. The average Bonchev–Trinajstić information content (AvgIpc) is 2.92. The SMILES string of the molecule is CC(C)Oc1nc(NN)nc(NC2CC2C)n1. The summed E-state index contributed by atoms with van der Waals surface area (Å²) in [6, 6.07) is 0.716. The summed E-state index contributed by atoms with van der Waals surface area (Å²) < 4.78 is 5.43. The van der Waals surface area contributed by atoms with Gasteiger partial charge in [0.2, 0.25) is 11.9 Å². The van der Waals surface area contributed by atoms with Gasteiger partial charge in [-0.1, -0.05) is 6.92 Å². The lowest BCUT2D eigenvalue weighted by atomic mass is 10.5. The summed E-state index contributed by atoms with van der Waals surface area (Å²) in [7, 11) is 0. The molecule has 94 valence electrons. The van der Waals surface area contributed by atoms with Crippen molar-refractivity contribution in [3.05, 3.63) is 0 Å². The lowest BCUT2D eigenvalue weighted by molar-refractivity contribution is 0.222. The Labute approximate surface area is 100 Å². The highest BCUT2D eigenvalue weighted by Gasteiger charge is 2.33. The van der Waals surface area contributed by atoms with Crippen molar-refractivity contribution < 1.29 is 4.74 Å². The minimum Gasteiger partial charge on any atom is -0.461 e. The number of nitrogens with zero attached hydrogens (tertiary/aromatic N) is 3. The van der Waals surface area contributed by atoms with Gasteiger partial charge in [0.25, 0.3) is 0 Å². The van der Waals surface area contributed by atoms with E-state index in [0.29, 0.717) is 23.9 Å². The zero-order valence-corrected chi connectivity index (χ0v) is 10.3. The van der Waals surface area contributed by atoms with E-state index in [2.05, 4.69) is 32.6 Å². The summed E-state index contributed by atoms with van der Waals surface area (Å²) >= 11 is 0. The van der Waals surface area contributed by atoms with Crippen LogP contribution in [0.3, 0.4) is 0 Å². The third-order valence-electron chi connectivity index (χ3n) is 2.51. The molecule has 1 fully saturated rings. The van der Waals surface area contributed by atoms with Crippen LogP contribution in [0.4, 0.5) is 11.9 Å². The number of anilines is 2. The van der Waals surface area contributed by atoms with Crippen LogP contribution in [-0.2, 0) is 0 Å². The van der Waals surface area contributed by atoms with Gasteiger partial charge in [-0.15, -0.1) is 0 Å². The third kappa shape index (κ3) is 3.16. The highest BCUT2D eigenvalue weighted by molar-refractivity contribution is 5.37. The van der Waals surface area contributed by atoms with E-state index in [1.54, 1.807) is 0 Å². The number of ether oxygens (including phenoxy) is 1. The van der Waals surface area contributed by atoms with Gasteiger partial charge in [0.1, 0.15) is 0 Å². The zero-order valence-electron chi connectivity index (χ0n) is 10.3. The molecule has 4 N–H and O–H groups in total. The first kappa shape index (κ1) is 11.8. The van der Waals surface area contributed by atoms with Crippen molar-refractivity contribution in [1.82, 2.24) is 15.0 Å². The first-order chi connectivity index (χ1) is 8.08. The van der Waals surface area contributed by atoms with Crippen molar-refractivity contribution in [3.63, 3.8) is 0 Å². The Kier molecular flexibility index (Phi) is 3.28. The van der Waals surface area contributed by atoms with Crippen molar-refractivity contribution in [2.24, 2.45) is 11.8 Å². The molecule has 2 atom stereocenters. The van der Waals surface area contributed by atoms with E-state index < -0.39 is 0 Å². The van der Waals surface area contributed by atoms with Gasteiger partial charge in [0.15, 0.2) is 0 Å². The van der Waals surface area contributed by atoms with Gasteiger partial charge in [-0.3, -0.25) is 5.43 Å². The number of hydrogen-bond donors (Lipinski definition) is 3. The topological polar surface area (TPSA) is 98.0 Å². The first-order valence-corrected chi connectivity index (χ1v) is 5.74. The van der Waals surface area contributed by atoms with Crippen LogP contribution in [0.1, 0.15) is 27.2 Å². The standard InChI is InChI=1S/C10H18N6O/c1-5(2)17-10-14-8(12-7-4-6(7)3)13-9(15-10)16-11/h5-7H,4,11H2,1-3H3,(H2,12,13,14,15,16). The molecule has 7 heteroatoms. The van der Waals surface area contributed by atoms with Crippen LogP contribution in [0.15, 0.2) is 0 Å². The normalized spacial score (nSPS) is 22.4. The summed E-state index contributed by atoms with van der Waals surface area (Å²) in [6.07, 6.45) is 1.15. The molecule has 1 heterocycles. The molecule has 1 aromatic rings. The lowest BCUT2D eigenvalue weighted by Crippen LogP contribution is -2.17. The molecule has 0 aliphatic heterocycles. The van der Waals surface area contributed by atoms with E-state index >= 15 is 0 Å². The maximum atomic E-state index is 5.43. The summed E-state index contributed by atoms with van der Waals surface area (Å²) in [5.74, 6) is 6.76. The smallest absolute Gasteiger partial charge is 0.323 e. The molecule has 2 rings (SSSR count). The molecule has 0 saturated heterocycles. The van der Waals surface area contributed by atoms with Crippen molar-refractivity contribution in [3.8, 4) is 6.01 Å². The number of nitrogens with one attached hydrogen (secondary N) is 2. The second-order valence-electron chi connectivity index (χ2n) is 4.54. The Hall–Kier alpha value is -1.63. The van der Waals surface area contributed by atoms with E-state index in [1.165, 1.54) is 0 Å². The number of hydrogen-bond acceptors (Lipinski definition) is 7. The molecule has 2 unspecified atom stereocenters. The summed E-state index contributed by atoms with van der Waals surface area (Å²) in [5, 5.41) is 3.22. The summed E-state index contributed by atoms with van der Waals surface area (Å²) in [6.45, 7) is 6.00. The molecule has 0 aromatic carbocycles. The first-order valence-electron chi connectivity index (χ1n) is 5.74. The van der Waals surface area contributed by atoms with E-state index in [4.69, 9.17) is 10.6 Å². The predicted octanol–water partition coefficient (Wildman–Crippen LogP) is 0.765. The van der Waals surface area contributed by atoms with Crippen molar-refractivity contribution in [2.75, 3.05) is 10.7 Å². The van der Waals surface area contributed by atoms with Crippen LogP contribution in [0.2, 0.25) is 0 Å². The number of hydrazine groups is 1. The number of rotatable bonds is 5. The largest absolute Gasteiger partial charge is 0.461 e. The van der Waals surface area contributed by atoms with E-state index in [-0.39, 0.29) is 12.1 Å². The van der Waals surface area contributed by atoms with E-state index in [0.717, 1.165) is 6.42 Å². The number of nitrogen functional groups attached to an aromatic ring is 1. The van der Waals surface area contributed by atoms with Gasteiger partial charge in [-0.05, 0) is 26.2 Å². The zero-order chi connectivity index (χ0) is 12.4. The molecule has 1 aliphatic rings. The highest BCUT2D eigenvalue weighted by Crippen LogP contribution is 2.32. The van der Waals surface area contributed by atoms with E-state index in [1.807, 2.05) is 13.8 Å². The fraction of sp³-hybridized carbons (Fsp3) is 0.700. The van der Waals surface area contributed by atoms with Gasteiger partial charge >= 0.3 is 6.01 Å². The Morgan fingerprint density at radius 2 is 1.94 bits per heavy atom. The molecule has 1 aliphatic carbocycles. The third-order valence-corrected chi connectivity index (χ3v) is 2.51. The Morgan fingerprint density at radius 1 is 1.29 bits per heavy atom. The van der Waals surface area contributed by atoms with Crippen LogP contribution in [0.25, 0.3) is 0 Å². The van der Waals surface area contributed by atoms with Crippen molar-refractivity contribution >= 4 is 11.9 Å². The Morgan fingerprint density at radius 3 is 2.47 bits per heavy atom. The molecule has 0 radical (unpaired) electrons. The molecule has 7 nitrogen and oxygen atoms in total. The second-order valence-corrected chi connectivity index (χ2v) is 4.54. The Bertz CT molecular complexity index is 396.